The molecule has 1 saturated heterocycles. The second kappa shape index (κ2) is 6.24. The minimum atomic E-state index is -0.797. The number of piperidine rings is 1. The van der Waals surface area contributed by atoms with Crippen LogP contribution in [0.5, 0.6) is 0 Å². The maximum Gasteiger partial charge on any atom is 0.245 e. The molecule has 0 radical (unpaired) electrons. The smallest absolute Gasteiger partial charge is 0.245 e. The van der Waals surface area contributed by atoms with E-state index in [1.165, 1.54) is 4.90 Å². The van der Waals surface area contributed by atoms with Crippen molar-refractivity contribution < 1.29 is 9.59 Å². The summed E-state index contributed by atoms with van der Waals surface area (Å²) in [7, 11) is 1.68. The molecule has 1 fully saturated rings. The van der Waals surface area contributed by atoms with Gasteiger partial charge in [0.15, 0.2) is 0 Å². The number of likely N-dealkylation sites (tertiary alicyclic amines) is 1. The number of hydrogen-bond donors (Lipinski definition) is 1. The van der Waals surface area contributed by atoms with Crippen molar-refractivity contribution in [1.29, 1.82) is 0 Å². The SMILES string of the molecule is CN1C(=O)CCCC1(C)C(=O)NCc1ccc(Cl)cc1Cl. The van der Waals surface area contributed by atoms with Gasteiger partial charge in [0.2, 0.25) is 11.8 Å². The van der Waals surface area contributed by atoms with Crippen molar-refractivity contribution in [3.63, 3.8) is 0 Å². The van der Waals surface area contributed by atoms with Crippen molar-refractivity contribution >= 4 is 35.0 Å². The van der Waals surface area contributed by atoms with Crippen LogP contribution in [0.1, 0.15) is 31.7 Å². The Labute approximate surface area is 134 Å². The number of carbonyl (C=O) groups excluding carboxylic acids is 2. The van der Waals surface area contributed by atoms with Gasteiger partial charge in [-0.2, -0.15) is 0 Å². The Morgan fingerprint density at radius 1 is 1.43 bits per heavy atom. The molecule has 114 valence electrons. The van der Waals surface area contributed by atoms with Crippen LogP contribution in [0.15, 0.2) is 18.2 Å². The highest BCUT2D eigenvalue weighted by Crippen LogP contribution is 2.28. The molecule has 0 aromatic heterocycles. The fourth-order valence-corrected chi connectivity index (χ4v) is 2.97. The Hall–Kier alpha value is -1.26. The molecule has 1 heterocycles. The number of rotatable bonds is 3. The second-order valence-corrected chi connectivity index (χ2v) is 6.34. The Balaban J connectivity index is 2.05. The quantitative estimate of drug-likeness (QED) is 0.927. The number of likely N-dealkylation sites (N-methyl/N-ethyl adjacent to an activating group) is 1. The molecule has 1 unspecified atom stereocenters. The normalized spacial score (nSPS) is 22.3. The first-order valence-electron chi connectivity index (χ1n) is 6.83. The molecular formula is C15H18Cl2N2O2. The van der Waals surface area contributed by atoms with Crippen LogP contribution < -0.4 is 5.32 Å². The van der Waals surface area contributed by atoms with Crippen molar-refractivity contribution in [3.8, 4) is 0 Å². The first-order valence-corrected chi connectivity index (χ1v) is 7.59. The molecule has 1 aromatic carbocycles. The maximum absolute atomic E-state index is 12.5. The number of carbonyl (C=O) groups is 2. The number of nitrogens with one attached hydrogen (secondary N) is 1. The molecule has 0 spiro atoms. The van der Waals surface area contributed by atoms with Gasteiger partial charge in [0, 0.05) is 30.1 Å². The predicted octanol–water partition coefficient (Wildman–Crippen LogP) is 3.01. The van der Waals surface area contributed by atoms with Gasteiger partial charge < -0.3 is 10.2 Å². The standard InChI is InChI=1S/C15H18Cl2N2O2/c1-15(7-3-4-13(20)19(15)2)14(21)18-9-10-5-6-11(16)8-12(10)17/h5-6,8H,3-4,7,9H2,1-2H3,(H,18,21). The minimum absolute atomic E-state index is 0.00317. The molecule has 1 N–H and O–H groups in total. The van der Waals surface area contributed by atoms with Gasteiger partial charge in [0.05, 0.1) is 0 Å². The van der Waals surface area contributed by atoms with Gasteiger partial charge in [-0.15, -0.1) is 0 Å². The largest absolute Gasteiger partial charge is 0.350 e. The van der Waals surface area contributed by atoms with Gasteiger partial charge in [0.1, 0.15) is 5.54 Å². The minimum Gasteiger partial charge on any atom is -0.350 e. The van der Waals surface area contributed by atoms with Crippen molar-refractivity contribution in [2.75, 3.05) is 7.05 Å². The summed E-state index contributed by atoms with van der Waals surface area (Å²) in [5.74, 6) is -0.160. The summed E-state index contributed by atoms with van der Waals surface area (Å²) in [6.07, 6.45) is 1.90. The molecule has 1 aliphatic heterocycles. The van der Waals surface area contributed by atoms with E-state index in [9.17, 15) is 9.59 Å². The molecular weight excluding hydrogens is 311 g/mol. The van der Waals surface area contributed by atoms with Gasteiger partial charge in [-0.25, -0.2) is 0 Å². The van der Waals surface area contributed by atoms with Crippen molar-refractivity contribution in [2.45, 2.75) is 38.3 Å². The summed E-state index contributed by atoms with van der Waals surface area (Å²) < 4.78 is 0. The monoisotopic (exact) mass is 328 g/mol. The Morgan fingerprint density at radius 2 is 2.14 bits per heavy atom. The number of hydrogen-bond acceptors (Lipinski definition) is 2. The lowest BCUT2D eigenvalue weighted by molar-refractivity contribution is -0.149. The second-order valence-electron chi connectivity index (χ2n) is 5.50. The van der Waals surface area contributed by atoms with Crippen LogP contribution in [0.3, 0.4) is 0 Å². The molecule has 0 bridgehead atoms. The average molecular weight is 329 g/mol. The highest BCUT2D eigenvalue weighted by molar-refractivity contribution is 6.35. The molecule has 2 amide bonds. The molecule has 0 aliphatic carbocycles. The fourth-order valence-electron chi connectivity index (χ4n) is 2.49. The zero-order valence-corrected chi connectivity index (χ0v) is 13.6. The zero-order valence-electron chi connectivity index (χ0n) is 12.1. The number of amides is 2. The van der Waals surface area contributed by atoms with Crippen LogP contribution in [0.25, 0.3) is 0 Å². The molecule has 2 rings (SSSR count). The molecule has 1 atom stereocenters. The van der Waals surface area contributed by atoms with E-state index in [1.807, 2.05) is 0 Å². The third-order valence-corrected chi connectivity index (χ3v) is 4.70. The summed E-state index contributed by atoms with van der Waals surface area (Å²) in [5, 5.41) is 3.93. The zero-order chi connectivity index (χ0) is 15.6. The van der Waals surface area contributed by atoms with Crippen molar-refractivity contribution in [2.24, 2.45) is 0 Å². The van der Waals surface area contributed by atoms with Crippen LogP contribution in [0, 0.1) is 0 Å². The van der Waals surface area contributed by atoms with Crippen molar-refractivity contribution in [3.05, 3.63) is 33.8 Å². The van der Waals surface area contributed by atoms with E-state index in [0.29, 0.717) is 29.4 Å². The van der Waals surface area contributed by atoms with Crippen molar-refractivity contribution in [1.82, 2.24) is 10.2 Å². The van der Waals surface area contributed by atoms with E-state index >= 15 is 0 Å². The number of benzene rings is 1. The molecule has 1 aliphatic rings. The Kier molecular flexibility index (Phi) is 4.79. The first kappa shape index (κ1) is 16.1. The van der Waals surface area contributed by atoms with E-state index in [-0.39, 0.29) is 11.8 Å². The fraction of sp³-hybridized carbons (Fsp3) is 0.467. The summed E-state index contributed by atoms with van der Waals surface area (Å²) in [4.78, 5) is 25.8. The van der Waals surface area contributed by atoms with E-state index in [4.69, 9.17) is 23.2 Å². The Bertz CT molecular complexity index is 577. The number of nitrogens with zero attached hydrogens (tertiary/aromatic N) is 1. The molecule has 1 aromatic rings. The van der Waals surface area contributed by atoms with Gasteiger partial charge in [-0.3, -0.25) is 9.59 Å². The summed E-state index contributed by atoms with van der Waals surface area (Å²) in [5.41, 5.74) is -0.00312. The van der Waals surface area contributed by atoms with E-state index in [1.54, 1.807) is 32.2 Å². The highest BCUT2D eigenvalue weighted by atomic mass is 35.5. The number of halogens is 2. The van der Waals surface area contributed by atoms with Crippen LogP contribution in [-0.2, 0) is 16.1 Å². The first-order chi connectivity index (χ1) is 9.84. The van der Waals surface area contributed by atoms with E-state index < -0.39 is 5.54 Å². The predicted molar refractivity (Wildman–Crippen MR) is 83.3 cm³/mol. The molecule has 6 heteroatoms. The molecule has 4 nitrogen and oxygen atoms in total. The van der Waals surface area contributed by atoms with Gasteiger partial charge >= 0.3 is 0 Å². The Morgan fingerprint density at radius 3 is 2.81 bits per heavy atom. The van der Waals surface area contributed by atoms with Crippen LogP contribution in [0.4, 0.5) is 0 Å². The molecule has 0 saturated carbocycles. The summed E-state index contributed by atoms with van der Waals surface area (Å²) in [6, 6.07) is 5.15. The average Bonchev–Trinajstić information content (AvgIpc) is 2.43. The third-order valence-electron chi connectivity index (χ3n) is 4.11. The van der Waals surface area contributed by atoms with Crippen LogP contribution >= 0.6 is 23.2 Å². The van der Waals surface area contributed by atoms with Crippen LogP contribution in [-0.4, -0.2) is 29.3 Å². The topological polar surface area (TPSA) is 49.4 Å². The lowest BCUT2D eigenvalue weighted by Gasteiger charge is -2.41. The van der Waals surface area contributed by atoms with Gasteiger partial charge in [-0.1, -0.05) is 29.3 Å². The van der Waals surface area contributed by atoms with Gasteiger partial charge in [-0.05, 0) is 37.5 Å². The van der Waals surface area contributed by atoms with E-state index in [0.717, 1.165) is 12.0 Å². The maximum atomic E-state index is 12.5. The molecule has 21 heavy (non-hydrogen) atoms. The lowest BCUT2D eigenvalue weighted by Crippen LogP contribution is -2.59. The summed E-state index contributed by atoms with van der Waals surface area (Å²) >= 11 is 11.9. The lowest BCUT2D eigenvalue weighted by atomic mass is 9.87. The van der Waals surface area contributed by atoms with Crippen LogP contribution in [0.2, 0.25) is 10.0 Å². The third kappa shape index (κ3) is 3.33. The van der Waals surface area contributed by atoms with E-state index in [2.05, 4.69) is 5.32 Å². The summed E-state index contributed by atoms with van der Waals surface area (Å²) in [6.45, 7) is 2.11. The highest BCUT2D eigenvalue weighted by Gasteiger charge is 2.42. The van der Waals surface area contributed by atoms with Gasteiger partial charge in [0.25, 0.3) is 0 Å².